The third kappa shape index (κ3) is 3.70. The van der Waals surface area contributed by atoms with Gasteiger partial charge in [-0.05, 0) is 18.2 Å². The van der Waals surface area contributed by atoms with Gasteiger partial charge in [-0.15, -0.1) is 0 Å². The minimum absolute atomic E-state index is 0.0408. The van der Waals surface area contributed by atoms with Crippen LogP contribution in [0.5, 0.6) is 34.5 Å². The third-order valence-electron chi connectivity index (χ3n) is 5.39. The Balaban J connectivity index is 1.94. The quantitative estimate of drug-likeness (QED) is 0.208. The van der Waals surface area contributed by atoms with E-state index in [9.17, 15) is 50.8 Å². The van der Waals surface area contributed by atoms with Gasteiger partial charge in [-0.1, -0.05) is 0 Å². The number of ether oxygens (including phenoxy) is 2. The third-order valence-corrected chi connectivity index (χ3v) is 5.39. The molecule has 182 valence electrons. The summed E-state index contributed by atoms with van der Waals surface area (Å²) in [7, 11) is 0. The summed E-state index contributed by atoms with van der Waals surface area (Å²) in [6.07, 6.45) is -8.64. The van der Waals surface area contributed by atoms with Gasteiger partial charge in [-0.2, -0.15) is 0 Å². The Morgan fingerprint density at radius 1 is 0.853 bits per heavy atom. The van der Waals surface area contributed by atoms with Crippen LogP contribution in [0.15, 0.2) is 33.5 Å². The van der Waals surface area contributed by atoms with E-state index in [0.717, 1.165) is 18.2 Å². The van der Waals surface area contributed by atoms with Crippen molar-refractivity contribution >= 4 is 11.0 Å². The summed E-state index contributed by atoms with van der Waals surface area (Å²) in [5.41, 5.74) is -1.56. The number of fused-ring (bicyclic) bond motifs is 1. The molecular formula is C21H20O13. The van der Waals surface area contributed by atoms with Crippen LogP contribution < -0.4 is 10.2 Å². The molecule has 0 amide bonds. The monoisotopic (exact) mass is 480 g/mol. The summed E-state index contributed by atoms with van der Waals surface area (Å²) in [4.78, 5) is 13.3. The average molecular weight is 480 g/mol. The van der Waals surface area contributed by atoms with E-state index >= 15 is 0 Å². The van der Waals surface area contributed by atoms with E-state index in [1.807, 2.05) is 0 Å². The van der Waals surface area contributed by atoms with E-state index in [1.165, 1.54) is 6.07 Å². The van der Waals surface area contributed by atoms with Gasteiger partial charge in [0.2, 0.25) is 23.2 Å². The Kier molecular flexibility index (Phi) is 5.89. The molecule has 0 radical (unpaired) electrons. The van der Waals surface area contributed by atoms with Crippen LogP contribution in [0.1, 0.15) is 0 Å². The summed E-state index contributed by atoms with van der Waals surface area (Å²) in [5, 5.41) is 88.3. The molecule has 4 rings (SSSR count). The van der Waals surface area contributed by atoms with Gasteiger partial charge in [0, 0.05) is 11.6 Å². The summed E-state index contributed by atoms with van der Waals surface area (Å²) < 4.78 is 16.3. The molecule has 9 N–H and O–H groups in total. The Morgan fingerprint density at radius 2 is 1.56 bits per heavy atom. The predicted molar refractivity (Wildman–Crippen MR) is 111 cm³/mol. The smallest absolute Gasteiger partial charge is 0.239 e. The summed E-state index contributed by atoms with van der Waals surface area (Å²) >= 11 is 0. The Bertz CT molecular complexity index is 1300. The van der Waals surface area contributed by atoms with Crippen LogP contribution in [0.3, 0.4) is 0 Å². The lowest BCUT2D eigenvalue weighted by Gasteiger charge is -2.39. The molecule has 2 unspecified atom stereocenters. The van der Waals surface area contributed by atoms with Crippen LogP contribution in [0.25, 0.3) is 22.3 Å². The van der Waals surface area contributed by atoms with Crippen molar-refractivity contribution in [2.45, 2.75) is 30.7 Å². The molecule has 1 saturated heterocycles. The zero-order chi connectivity index (χ0) is 24.9. The normalized spacial score (nSPS) is 24.9. The van der Waals surface area contributed by atoms with Crippen LogP contribution in [0.4, 0.5) is 0 Å². The maximum Gasteiger partial charge on any atom is 0.239 e. The highest BCUT2D eigenvalue weighted by atomic mass is 16.7. The molecule has 1 fully saturated rings. The van der Waals surface area contributed by atoms with Crippen molar-refractivity contribution < 1.29 is 59.8 Å². The Hall–Kier alpha value is -3.75. The minimum atomic E-state index is -1.91. The second-order valence-electron chi connectivity index (χ2n) is 7.57. The molecule has 1 aliphatic rings. The molecule has 0 bridgehead atoms. The van der Waals surface area contributed by atoms with Crippen LogP contribution in [0.2, 0.25) is 0 Å². The van der Waals surface area contributed by atoms with Gasteiger partial charge in [0.1, 0.15) is 35.4 Å². The van der Waals surface area contributed by atoms with E-state index in [1.54, 1.807) is 0 Å². The highest BCUT2D eigenvalue weighted by Gasteiger charge is 2.45. The number of aromatic hydroxyl groups is 5. The minimum Gasteiger partial charge on any atom is -0.504 e. The van der Waals surface area contributed by atoms with E-state index < -0.39 is 94.0 Å². The van der Waals surface area contributed by atoms with Crippen molar-refractivity contribution in [3.8, 4) is 45.8 Å². The molecule has 0 saturated carbocycles. The number of phenolic OH excluding ortho intramolecular Hbond substituents is 5. The first-order valence-corrected chi connectivity index (χ1v) is 9.79. The predicted octanol–water partition coefficient (Wildman–Crippen LogP) is -0.833. The van der Waals surface area contributed by atoms with Crippen LogP contribution in [-0.2, 0) is 4.74 Å². The van der Waals surface area contributed by atoms with Gasteiger partial charge < -0.3 is 59.8 Å². The number of aliphatic hydroxyl groups excluding tert-OH is 4. The number of aliphatic hydroxyl groups is 4. The van der Waals surface area contributed by atoms with Crippen molar-refractivity contribution in [3.05, 3.63) is 34.5 Å². The Labute approximate surface area is 189 Å². The molecule has 13 nitrogen and oxygen atoms in total. The second-order valence-corrected chi connectivity index (χ2v) is 7.57. The maximum absolute atomic E-state index is 13.3. The zero-order valence-corrected chi connectivity index (χ0v) is 17.1. The standard InChI is InChI=1S/C21H20O13/c22-5-11-14(27)17(30)18(31)21(33-11)34-20-16(29)12-10(4-9(25)13(26)15(12)28)32-19(20)6-1-2-7(23)8(24)3-6/h1-4,11,14,17-18,21-28,30-31H,5H2/t11-,14-,17?,18?,21+/m1/s1. The van der Waals surface area contributed by atoms with E-state index in [0.29, 0.717) is 0 Å². The lowest BCUT2D eigenvalue weighted by molar-refractivity contribution is -0.277. The molecule has 2 aromatic carbocycles. The van der Waals surface area contributed by atoms with Gasteiger partial charge >= 0.3 is 0 Å². The zero-order valence-electron chi connectivity index (χ0n) is 17.1. The van der Waals surface area contributed by atoms with Crippen molar-refractivity contribution in [1.29, 1.82) is 0 Å². The fourth-order valence-corrected chi connectivity index (χ4v) is 3.54. The van der Waals surface area contributed by atoms with E-state index in [2.05, 4.69) is 0 Å². The fraction of sp³-hybridized carbons (Fsp3) is 0.286. The van der Waals surface area contributed by atoms with Gasteiger partial charge in [-0.25, -0.2) is 0 Å². The molecule has 5 atom stereocenters. The first kappa shape index (κ1) is 23.4. The first-order valence-electron chi connectivity index (χ1n) is 9.79. The maximum atomic E-state index is 13.3. The van der Waals surface area contributed by atoms with Crippen molar-refractivity contribution in [1.82, 2.24) is 0 Å². The SMILES string of the molecule is O=c1c(O[C@@H]2O[C@H](CO)[C@@H](O)C(O)C2O)c(-c2ccc(O)c(O)c2)oc2cc(O)c(O)c(O)c12. The van der Waals surface area contributed by atoms with Crippen molar-refractivity contribution in [2.75, 3.05) is 6.61 Å². The summed E-state index contributed by atoms with van der Waals surface area (Å²) in [6.45, 7) is -0.774. The van der Waals surface area contributed by atoms with E-state index in [-0.39, 0.29) is 5.56 Å². The first-order chi connectivity index (χ1) is 16.0. The van der Waals surface area contributed by atoms with Crippen LogP contribution >= 0.6 is 0 Å². The molecule has 2 heterocycles. The van der Waals surface area contributed by atoms with E-state index in [4.69, 9.17) is 13.9 Å². The number of phenols is 5. The van der Waals surface area contributed by atoms with Gasteiger partial charge in [0.05, 0.1) is 6.61 Å². The second kappa shape index (κ2) is 8.55. The lowest BCUT2D eigenvalue weighted by atomic mass is 9.99. The van der Waals surface area contributed by atoms with Gasteiger partial charge in [-0.3, -0.25) is 4.79 Å². The average Bonchev–Trinajstić information content (AvgIpc) is 2.80. The number of hydrogen-bond donors (Lipinski definition) is 9. The summed E-state index contributed by atoms with van der Waals surface area (Å²) in [6, 6.07) is 4.13. The number of rotatable bonds is 4. The number of hydrogen-bond acceptors (Lipinski definition) is 13. The molecule has 0 aliphatic carbocycles. The van der Waals surface area contributed by atoms with Gasteiger partial charge in [0.25, 0.3) is 0 Å². The van der Waals surface area contributed by atoms with Crippen molar-refractivity contribution in [3.63, 3.8) is 0 Å². The van der Waals surface area contributed by atoms with Gasteiger partial charge in [0.15, 0.2) is 28.8 Å². The highest BCUT2D eigenvalue weighted by Crippen LogP contribution is 2.43. The molecule has 13 heteroatoms. The molecular weight excluding hydrogens is 460 g/mol. The van der Waals surface area contributed by atoms with Crippen LogP contribution in [-0.4, -0.2) is 83.3 Å². The highest BCUT2D eigenvalue weighted by molar-refractivity contribution is 5.91. The largest absolute Gasteiger partial charge is 0.504 e. The molecule has 1 aliphatic heterocycles. The van der Waals surface area contributed by atoms with Crippen molar-refractivity contribution in [2.24, 2.45) is 0 Å². The summed E-state index contributed by atoms with van der Waals surface area (Å²) in [5.74, 6) is -5.12. The fourth-order valence-electron chi connectivity index (χ4n) is 3.54. The van der Waals surface area contributed by atoms with Crippen LogP contribution in [0, 0.1) is 0 Å². The molecule has 3 aromatic rings. The Morgan fingerprint density at radius 3 is 2.21 bits per heavy atom. The lowest BCUT2D eigenvalue weighted by Crippen LogP contribution is -2.60. The topological polar surface area (TPSA) is 231 Å². The molecule has 1 aromatic heterocycles. The number of benzene rings is 2. The molecule has 34 heavy (non-hydrogen) atoms. The molecule has 0 spiro atoms.